The quantitative estimate of drug-likeness (QED) is 0.620. The Balaban J connectivity index is 1.87. The van der Waals surface area contributed by atoms with Crippen molar-refractivity contribution in [3.05, 3.63) is 42.4 Å². The molecule has 1 amide bonds. The van der Waals surface area contributed by atoms with E-state index in [0.29, 0.717) is 11.4 Å². The van der Waals surface area contributed by atoms with E-state index in [9.17, 15) is 4.79 Å². The van der Waals surface area contributed by atoms with Gasteiger partial charge in [0.2, 0.25) is 0 Å². The molecule has 0 aliphatic heterocycles. The monoisotopic (exact) mass is 227 g/mol. The van der Waals surface area contributed by atoms with E-state index >= 15 is 0 Å². The molecule has 3 N–H and O–H groups in total. The van der Waals surface area contributed by atoms with Crippen LogP contribution < -0.4 is 5.32 Å². The van der Waals surface area contributed by atoms with Gasteiger partial charge in [-0.05, 0) is 24.3 Å². The van der Waals surface area contributed by atoms with Crippen molar-refractivity contribution in [1.29, 1.82) is 0 Å². The number of nitrogens with one attached hydrogen (secondary N) is 3. The normalized spacial score (nSPS) is 10.6. The summed E-state index contributed by atoms with van der Waals surface area (Å²) in [6, 6.07) is 7.16. The summed E-state index contributed by atoms with van der Waals surface area (Å²) >= 11 is 0. The molecule has 2 heterocycles. The first-order valence-electron chi connectivity index (χ1n) is 5.07. The number of fused-ring (bicyclic) bond motifs is 1. The van der Waals surface area contributed by atoms with Crippen molar-refractivity contribution in [3.63, 3.8) is 0 Å². The van der Waals surface area contributed by atoms with E-state index < -0.39 is 0 Å². The van der Waals surface area contributed by atoms with E-state index in [4.69, 9.17) is 0 Å². The molecule has 0 saturated heterocycles. The first-order valence-corrected chi connectivity index (χ1v) is 5.07. The summed E-state index contributed by atoms with van der Waals surface area (Å²) in [5, 5.41) is 16.9. The number of aromatic nitrogens is 4. The first-order chi connectivity index (χ1) is 8.33. The first kappa shape index (κ1) is 9.59. The Morgan fingerprint density at radius 2 is 2.12 bits per heavy atom. The van der Waals surface area contributed by atoms with E-state index in [1.807, 2.05) is 18.2 Å². The van der Waals surface area contributed by atoms with Gasteiger partial charge >= 0.3 is 0 Å². The van der Waals surface area contributed by atoms with E-state index in [0.717, 1.165) is 10.9 Å². The molecule has 0 bridgehead atoms. The Labute approximate surface area is 96.0 Å². The highest BCUT2D eigenvalue weighted by Crippen LogP contribution is 2.16. The van der Waals surface area contributed by atoms with Gasteiger partial charge in [-0.25, -0.2) is 0 Å². The average molecular weight is 227 g/mol. The second-order valence-electron chi connectivity index (χ2n) is 3.60. The number of anilines is 1. The molecule has 1 aromatic carbocycles. The summed E-state index contributed by atoms with van der Waals surface area (Å²) in [6.07, 6.45) is 3.27. The summed E-state index contributed by atoms with van der Waals surface area (Å²) in [4.78, 5) is 11.7. The Morgan fingerprint density at radius 3 is 2.94 bits per heavy atom. The molecule has 0 radical (unpaired) electrons. The smallest absolute Gasteiger partial charge is 0.273 e. The second kappa shape index (κ2) is 3.75. The predicted molar refractivity (Wildman–Crippen MR) is 62.6 cm³/mol. The third kappa shape index (κ3) is 1.76. The Hall–Kier alpha value is -2.63. The lowest BCUT2D eigenvalue weighted by atomic mass is 10.2. The van der Waals surface area contributed by atoms with Crippen LogP contribution in [-0.4, -0.2) is 26.3 Å². The van der Waals surface area contributed by atoms with Crippen LogP contribution in [0.15, 0.2) is 36.7 Å². The number of hydrogen-bond acceptors (Lipinski definition) is 3. The SMILES string of the molecule is O=C(Nc1ccc2cn[nH]c2c1)c1ccn[nH]1. The summed E-state index contributed by atoms with van der Waals surface area (Å²) in [5.74, 6) is -0.221. The van der Waals surface area contributed by atoms with Gasteiger partial charge in [-0.3, -0.25) is 15.0 Å². The Bertz CT molecular complexity index is 655. The predicted octanol–water partition coefficient (Wildman–Crippen LogP) is 1.54. The zero-order chi connectivity index (χ0) is 11.7. The topological polar surface area (TPSA) is 86.5 Å². The largest absolute Gasteiger partial charge is 0.321 e. The molecule has 0 spiro atoms. The number of rotatable bonds is 2. The van der Waals surface area contributed by atoms with Gasteiger partial charge in [-0.2, -0.15) is 10.2 Å². The van der Waals surface area contributed by atoms with Crippen LogP contribution in [0.4, 0.5) is 5.69 Å². The van der Waals surface area contributed by atoms with Gasteiger partial charge in [-0.15, -0.1) is 0 Å². The molecule has 3 aromatic rings. The summed E-state index contributed by atoms with van der Waals surface area (Å²) in [6.45, 7) is 0. The minimum atomic E-state index is -0.221. The fourth-order valence-electron chi connectivity index (χ4n) is 1.60. The molecule has 6 nitrogen and oxygen atoms in total. The standard InChI is InChI=1S/C11H9N5O/c17-11(9-3-4-12-15-9)14-8-2-1-7-6-13-16-10(7)5-8/h1-6H,(H,12,15)(H,13,16)(H,14,17). The van der Waals surface area contributed by atoms with Crippen LogP contribution in [0, 0.1) is 0 Å². The Morgan fingerprint density at radius 1 is 1.18 bits per heavy atom. The van der Waals surface area contributed by atoms with E-state index in [1.165, 1.54) is 6.20 Å². The van der Waals surface area contributed by atoms with Crippen LogP contribution >= 0.6 is 0 Å². The van der Waals surface area contributed by atoms with Crippen molar-refractivity contribution in [2.45, 2.75) is 0 Å². The van der Waals surface area contributed by atoms with Crippen LogP contribution in [0.2, 0.25) is 0 Å². The molecule has 0 atom stereocenters. The average Bonchev–Trinajstić information content (AvgIpc) is 2.99. The molecule has 17 heavy (non-hydrogen) atoms. The lowest BCUT2D eigenvalue weighted by Gasteiger charge is -2.02. The molecule has 84 valence electrons. The summed E-state index contributed by atoms with van der Waals surface area (Å²) < 4.78 is 0. The lowest BCUT2D eigenvalue weighted by molar-refractivity contribution is 0.102. The van der Waals surface area contributed by atoms with Crippen molar-refractivity contribution in [2.24, 2.45) is 0 Å². The van der Waals surface area contributed by atoms with Crippen LogP contribution in [0.5, 0.6) is 0 Å². The molecule has 0 aliphatic rings. The van der Waals surface area contributed by atoms with E-state index in [2.05, 4.69) is 25.7 Å². The van der Waals surface area contributed by atoms with Gasteiger partial charge in [0, 0.05) is 17.3 Å². The summed E-state index contributed by atoms with van der Waals surface area (Å²) in [5.41, 5.74) is 2.02. The van der Waals surface area contributed by atoms with Gasteiger partial charge in [0.25, 0.3) is 5.91 Å². The number of H-pyrrole nitrogens is 2. The maximum atomic E-state index is 11.7. The number of aromatic amines is 2. The minimum absolute atomic E-state index is 0.221. The van der Waals surface area contributed by atoms with E-state index in [1.54, 1.807) is 12.3 Å². The highest BCUT2D eigenvalue weighted by atomic mass is 16.1. The molecule has 0 unspecified atom stereocenters. The highest BCUT2D eigenvalue weighted by molar-refractivity contribution is 6.03. The third-order valence-electron chi connectivity index (χ3n) is 2.45. The maximum Gasteiger partial charge on any atom is 0.273 e. The molecule has 0 aliphatic carbocycles. The molecule has 0 saturated carbocycles. The van der Waals surface area contributed by atoms with Crippen molar-refractivity contribution in [2.75, 3.05) is 5.32 Å². The Kier molecular flexibility index (Phi) is 2.11. The number of benzene rings is 1. The second-order valence-corrected chi connectivity index (χ2v) is 3.60. The maximum absolute atomic E-state index is 11.7. The molecule has 0 fully saturated rings. The van der Waals surface area contributed by atoms with Gasteiger partial charge in [0.1, 0.15) is 5.69 Å². The zero-order valence-corrected chi connectivity index (χ0v) is 8.77. The number of hydrogen-bond donors (Lipinski definition) is 3. The molecular formula is C11H9N5O. The van der Waals surface area contributed by atoms with Crippen molar-refractivity contribution < 1.29 is 4.79 Å². The van der Waals surface area contributed by atoms with Crippen LogP contribution in [0.1, 0.15) is 10.5 Å². The van der Waals surface area contributed by atoms with Crippen molar-refractivity contribution in [3.8, 4) is 0 Å². The van der Waals surface area contributed by atoms with Crippen LogP contribution in [0.25, 0.3) is 10.9 Å². The molecule has 2 aromatic heterocycles. The van der Waals surface area contributed by atoms with Gasteiger partial charge in [0.05, 0.1) is 11.7 Å². The number of amides is 1. The van der Waals surface area contributed by atoms with Crippen LogP contribution in [-0.2, 0) is 0 Å². The highest BCUT2D eigenvalue weighted by Gasteiger charge is 2.07. The fourth-order valence-corrected chi connectivity index (χ4v) is 1.60. The van der Waals surface area contributed by atoms with Gasteiger partial charge in [0.15, 0.2) is 0 Å². The van der Waals surface area contributed by atoms with Gasteiger partial charge < -0.3 is 5.32 Å². The third-order valence-corrected chi connectivity index (χ3v) is 2.45. The fraction of sp³-hybridized carbons (Fsp3) is 0. The zero-order valence-electron chi connectivity index (χ0n) is 8.77. The number of carbonyl (C=O) groups is 1. The summed E-state index contributed by atoms with van der Waals surface area (Å²) in [7, 11) is 0. The minimum Gasteiger partial charge on any atom is -0.321 e. The van der Waals surface area contributed by atoms with E-state index in [-0.39, 0.29) is 5.91 Å². The molecular weight excluding hydrogens is 218 g/mol. The lowest BCUT2D eigenvalue weighted by Crippen LogP contribution is -2.12. The van der Waals surface area contributed by atoms with Gasteiger partial charge in [-0.1, -0.05) is 0 Å². The van der Waals surface area contributed by atoms with Crippen molar-refractivity contribution in [1.82, 2.24) is 20.4 Å². The number of carbonyl (C=O) groups excluding carboxylic acids is 1. The molecule has 6 heteroatoms. The van der Waals surface area contributed by atoms with Crippen LogP contribution in [0.3, 0.4) is 0 Å². The number of nitrogens with zero attached hydrogens (tertiary/aromatic N) is 2. The molecule has 3 rings (SSSR count). The van der Waals surface area contributed by atoms with Crippen molar-refractivity contribution >= 4 is 22.5 Å².